The van der Waals surface area contributed by atoms with Crippen LogP contribution in [0.1, 0.15) is 33.4 Å². The molecular formula is C33H32F4N6O2S. The Morgan fingerprint density at radius 1 is 0.891 bits per heavy atom. The van der Waals surface area contributed by atoms with Gasteiger partial charge in [0.25, 0.3) is 5.56 Å². The van der Waals surface area contributed by atoms with Crippen LogP contribution in [0.15, 0.2) is 82.4 Å². The van der Waals surface area contributed by atoms with E-state index in [0.29, 0.717) is 38.3 Å². The quantitative estimate of drug-likeness (QED) is 0.233. The molecule has 8 nitrogen and oxygen atoms in total. The second kappa shape index (κ2) is 12.8. The lowest BCUT2D eigenvalue weighted by Crippen LogP contribution is -2.51. The second-order valence-electron chi connectivity index (χ2n) is 11.3. The standard InChI is InChI=1S/C33H32F4N6O2S/c1-21-30(41-16-14-40(15-17-41)20-29-39-27-12-5-6-13-28(27)46-29)31(44)43(19-26(38)22-8-3-2-4-9-22)32(45)42(21)18-23-24(33(35,36)37)10-7-11-25(23)34/h2-13,26H,14-20,38H2,1H3/t26-/m0/s1. The number of benzene rings is 3. The van der Waals surface area contributed by atoms with Gasteiger partial charge in [0.1, 0.15) is 16.5 Å². The number of anilines is 1. The summed E-state index contributed by atoms with van der Waals surface area (Å²) in [6.45, 7) is 3.25. The molecular weight excluding hydrogens is 620 g/mol. The van der Waals surface area contributed by atoms with Crippen molar-refractivity contribution in [1.82, 2.24) is 19.0 Å². The third-order valence-electron chi connectivity index (χ3n) is 8.39. The fourth-order valence-corrected chi connectivity index (χ4v) is 6.96. The highest BCUT2D eigenvalue weighted by molar-refractivity contribution is 7.18. The molecule has 46 heavy (non-hydrogen) atoms. The first-order valence-electron chi connectivity index (χ1n) is 14.8. The summed E-state index contributed by atoms with van der Waals surface area (Å²) in [7, 11) is 0. The van der Waals surface area contributed by atoms with Crippen LogP contribution in [0.3, 0.4) is 0 Å². The number of para-hydroxylation sites is 1. The average Bonchev–Trinajstić information content (AvgIpc) is 3.45. The number of halogens is 4. The van der Waals surface area contributed by atoms with E-state index in [0.717, 1.165) is 42.6 Å². The molecule has 0 saturated carbocycles. The molecule has 0 aliphatic carbocycles. The molecule has 1 atom stereocenters. The van der Waals surface area contributed by atoms with Gasteiger partial charge in [-0.1, -0.05) is 48.5 Å². The maximum absolute atomic E-state index is 15.0. The zero-order chi connectivity index (χ0) is 32.6. The molecule has 13 heteroatoms. The van der Waals surface area contributed by atoms with Crippen molar-refractivity contribution >= 4 is 27.2 Å². The summed E-state index contributed by atoms with van der Waals surface area (Å²) in [5, 5.41) is 0.974. The Morgan fingerprint density at radius 3 is 2.28 bits per heavy atom. The molecule has 3 aromatic carbocycles. The summed E-state index contributed by atoms with van der Waals surface area (Å²) in [6.07, 6.45) is -4.85. The number of thiazole rings is 1. The van der Waals surface area contributed by atoms with E-state index in [1.807, 2.05) is 35.2 Å². The van der Waals surface area contributed by atoms with Gasteiger partial charge in [0.2, 0.25) is 0 Å². The number of hydrogen-bond donors (Lipinski definition) is 1. The van der Waals surface area contributed by atoms with E-state index in [1.165, 1.54) is 6.92 Å². The zero-order valence-electron chi connectivity index (χ0n) is 25.0. The Labute approximate surface area is 265 Å². The van der Waals surface area contributed by atoms with Crippen molar-refractivity contribution in [3.05, 3.63) is 127 Å². The lowest BCUT2D eigenvalue weighted by Gasteiger charge is -2.36. The lowest BCUT2D eigenvalue weighted by molar-refractivity contribution is -0.138. The highest BCUT2D eigenvalue weighted by Gasteiger charge is 2.35. The van der Waals surface area contributed by atoms with E-state index >= 15 is 0 Å². The van der Waals surface area contributed by atoms with Crippen LogP contribution in [0.4, 0.5) is 23.2 Å². The zero-order valence-corrected chi connectivity index (χ0v) is 25.8. The molecule has 1 aliphatic heterocycles. The van der Waals surface area contributed by atoms with Gasteiger partial charge in [0, 0.05) is 43.5 Å². The molecule has 1 saturated heterocycles. The summed E-state index contributed by atoms with van der Waals surface area (Å²) in [6, 6.07) is 18.8. The average molecular weight is 653 g/mol. The van der Waals surface area contributed by atoms with Crippen molar-refractivity contribution in [2.75, 3.05) is 31.1 Å². The molecule has 2 N–H and O–H groups in total. The van der Waals surface area contributed by atoms with Crippen LogP contribution in [-0.4, -0.2) is 45.2 Å². The van der Waals surface area contributed by atoms with Crippen LogP contribution in [0, 0.1) is 12.7 Å². The summed E-state index contributed by atoms with van der Waals surface area (Å²) in [5.41, 5.74) is 5.08. The Balaban J connectivity index is 1.35. The van der Waals surface area contributed by atoms with Gasteiger partial charge < -0.3 is 10.6 Å². The summed E-state index contributed by atoms with van der Waals surface area (Å²) < 4.78 is 59.8. The van der Waals surface area contributed by atoms with Gasteiger partial charge in [0.15, 0.2) is 0 Å². The van der Waals surface area contributed by atoms with Gasteiger partial charge in [-0.05, 0) is 36.8 Å². The Hall–Kier alpha value is -4.33. The number of rotatable bonds is 8. The smallest absolute Gasteiger partial charge is 0.363 e. The molecule has 0 spiro atoms. The number of nitrogens with two attached hydrogens (primary N) is 1. The number of fused-ring (bicyclic) bond motifs is 1. The van der Waals surface area contributed by atoms with Crippen molar-refractivity contribution in [1.29, 1.82) is 0 Å². The van der Waals surface area contributed by atoms with Gasteiger partial charge in [-0.2, -0.15) is 13.2 Å². The van der Waals surface area contributed by atoms with Crippen molar-refractivity contribution in [3.63, 3.8) is 0 Å². The van der Waals surface area contributed by atoms with Crippen LogP contribution in [0.5, 0.6) is 0 Å². The van der Waals surface area contributed by atoms with E-state index in [2.05, 4.69) is 4.90 Å². The number of aromatic nitrogens is 3. The predicted molar refractivity (Wildman–Crippen MR) is 171 cm³/mol. The van der Waals surface area contributed by atoms with Crippen LogP contribution < -0.4 is 21.9 Å². The molecule has 1 aliphatic rings. The highest BCUT2D eigenvalue weighted by Crippen LogP contribution is 2.34. The normalized spacial score (nSPS) is 15.0. The number of piperazine rings is 1. The van der Waals surface area contributed by atoms with E-state index < -0.39 is 47.0 Å². The topological polar surface area (TPSA) is 89.4 Å². The van der Waals surface area contributed by atoms with Gasteiger partial charge in [-0.15, -0.1) is 11.3 Å². The largest absolute Gasteiger partial charge is 0.416 e. The van der Waals surface area contributed by atoms with Gasteiger partial charge >= 0.3 is 11.9 Å². The first-order chi connectivity index (χ1) is 22.0. The van der Waals surface area contributed by atoms with E-state index in [1.54, 1.807) is 35.6 Å². The van der Waals surface area contributed by atoms with Gasteiger partial charge in [-0.3, -0.25) is 18.8 Å². The molecule has 0 unspecified atom stereocenters. The Morgan fingerprint density at radius 2 is 1.59 bits per heavy atom. The minimum absolute atomic E-state index is 0.163. The second-order valence-corrected chi connectivity index (χ2v) is 12.5. The lowest BCUT2D eigenvalue weighted by atomic mass is 10.1. The summed E-state index contributed by atoms with van der Waals surface area (Å²) in [5.74, 6) is -1.09. The van der Waals surface area contributed by atoms with E-state index in [4.69, 9.17) is 10.7 Å². The van der Waals surface area contributed by atoms with Crippen molar-refractivity contribution in [3.8, 4) is 0 Å². The van der Waals surface area contributed by atoms with Gasteiger partial charge in [0.05, 0.1) is 35.4 Å². The first kappa shape index (κ1) is 31.6. The van der Waals surface area contributed by atoms with Crippen LogP contribution >= 0.6 is 11.3 Å². The fourth-order valence-electron chi connectivity index (χ4n) is 5.95. The third-order valence-corrected chi connectivity index (χ3v) is 9.41. The van der Waals surface area contributed by atoms with Crippen LogP contribution in [-0.2, 0) is 25.8 Å². The minimum Gasteiger partial charge on any atom is -0.363 e. The predicted octanol–water partition coefficient (Wildman–Crippen LogP) is 5.16. The summed E-state index contributed by atoms with van der Waals surface area (Å²) in [4.78, 5) is 36.7. The van der Waals surface area contributed by atoms with E-state index in [-0.39, 0.29) is 17.9 Å². The number of nitrogens with zero attached hydrogens (tertiary/aromatic N) is 5. The minimum atomic E-state index is -4.85. The van der Waals surface area contributed by atoms with Crippen molar-refractivity contribution in [2.24, 2.45) is 5.73 Å². The third kappa shape index (κ3) is 6.35. The van der Waals surface area contributed by atoms with E-state index in [9.17, 15) is 27.2 Å². The highest BCUT2D eigenvalue weighted by atomic mass is 32.1. The molecule has 0 amide bonds. The molecule has 240 valence electrons. The number of hydrogen-bond acceptors (Lipinski definition) is 7. The maximum atomic E-state index is 15.0. The molecule has 5 aromatic rings. The maximum Gasteiger partial charge on any atom is 0.416 e. The molecule has 1 fully saturated rings. The monoisotopic (exact) mass is 652 g/mol. The molecule has 6 rings (SSSR count). The van der Waals surface area contributed by atoms with Crippen molar-refractivity contribution in [2.45, 2.75) is 38.8 Å². The van der Waals surface area contributed by atoms with Crippen LogP contribution in [0.25, 0.3) is 10.2 Å². The SMILES string of the molecule is Cc1c(N2CCN(Cc3nc4ccccc4s3)CC2)c(=O)n(C[C@H](N)c2ccccc2)c(=O)n1Cc1c(F)cccc1C(F)(F)F. The Bertz CT molecular complexity index is 1950. The van der Waals surface area contributed by atoms with Crippen LogP contribution in [0.2, 0.25) is 0 Å². The number of alkyl halides is 3. The van der Waals surface area contributed by atoms with Gasteiger partial charge in [-0.25, -0.2) is 14.2 Å². The molecule has 2 aromatic heterocycles. The first-order valence-corrected chi connectivity index (χ1v) is 15.6. The van der Waals surface area contributed by atoms with Crippen molar-refractivity contribution < 1.29 is 17.6 Å². The molecule has 0 radical (unpaired) electrons. The molecule has 0 bridgehead atoms. The fraction of sp³-hybridized carbons (Fsp3) is 0.303. The summed E-state index contributed by atoms with van der Waals surface area (Å²) >= 11 is 1.63. The molecule has 3 heterocycles. The Kier molecular flexibility index (Phi) is 8.82.